The lowest BCUT2D eigenvalue weighted by Gasteiger charge is -2.38. The number of nitrogens with two attached hydrogens (primary N) is 1. The number of ketones is 1. The smallest absolute Gasteiger partial charge is 0.234 e. The molecule has 2 amide bonds. The molecule has 0 saturated carbocycles. The second-order valence-corrected chi connectivity index (χ2v) is 11.4. The fraction of sp³-hybridized carbons (Fsp3) is 0.214. The maximum Gasteiger partial charge on any atom is 0.234 e. The molecular formula is C28H25N7O3S2. The maximum absolute atomic E-state index is 13.2. The summed E-state index contributed by atoms with van der Waals surface area (Å²) in [5.74, 6) is -0.595. The number of hydrogen-bond acceptors (Lipinski definition) is 10. The zero-order valence-electron chi connectivity index (χ0n) is 21.5. The van der Waals surface area contributed by atoms with Crippen LogP contribution in [0.15, 0.2) is 81.6 Å². The van der Waals surface area contributed by atoms with Gasteiger partial charge in [0.15, 0.2) is 10.1 Å². The van der Waals surface area contributed by atoms with Gasteiger partial charge in [-0.3, -0.25) is 19.3 Å². The van der Waals surface area contributed by atoms with Crippen LogP contribution < -0.4 is 21.3 Å². The van der Waals surface area contributed by atoms with Crippen molar-refractivity contribution in [1.82, 2.24) is 10.2 Å². The second kappa shape index (κ2) is 11.7. The van der Waals surface area contributed by atoms with Gasteiger partial charge in [0, 0.05) is 36.0 Å². The largest absolute Gasteiger partial charge is 0.384 e. The summed E-state index contributed by atoms with van der Waals surface area (Å²) in [5, 5.41) is 24.6. The summed E-state index contributed by atoms with van der Waals surface area (Å²) in [5.41, 5.74) is 10.3. The van der Waals surface area contributed by atoms with Crippen LogP contribution in [-0.2, 0) is 14.4 Å². The van der Waals surface area contributed by atoms with Crippen molar-refractivity contribution in [2.24, 2.45) is 5.73 Å². The topological polar surface area (TPSA) is 154 Å². The Morgan fingerprint density at radius 1 is 1.10 bits per heavy atom. The van der Waals surface area contributed by atoms with E-state index < -0.39 is 5.92 Å². The molecule has 0 bridgehead atoms. The summed E-state index contributed by atoms with van der Waals surface area (Å²) in [6, 6.07) is 18.5. The number of rotatable bonds is 7. The number of thioether (sulfide) groups is 1. The zero-order valence-corrected chi connectivity index (χ0v) is 23.1. The molecule has 1 atom stereocenters. The first-order valence-corrected chi connectivity index (χ1v) is 14.3. The number of nitriles is 1. The molecule has 202 valence electrons. The minimum absolute atomic E-state index is 0.00115. The monoisotopic (exact) mass is 571 g/mol. The van der Waals surface area contributed by atoms with Gasteiger partial charge in [0.25, 0.3) is 0 Å². The van der Waals surface area contributed by atoms with Gasteiger partial charge in [-0.15, -0.1) is 10.2 Å². The Hall–Kier alpha value is -4.47. The van der Waals surface area contributed by atoms with Gasteiger partial charge < -0.3 is 16.4 Å². The number of carbonyl (C=O) groups excluding carboxylic acids is 3. The number of anilines is 3. The van der Waals surface area contributed by atoms with E-state index in [0.29, 0.717) is 51.3 Å². The average Bonchev–Trinajstić information content (AvgIpc) is 3.41. The Morgan fingerprint density at radius 2 is 1.80 bits per heavy atom. The highest BCUT2D eigenvalue weighted by Gasteiger charge is 2.41. The molecular weight excluding hydrogens is 546 g/mol. The van der Waals surface area contributed by atoms with Gasteiger partial charge in [0.1, 0.15) is 5.82 Å². The van der Waals surface area contributed by atoms with Crippen LogP contribution in [0.1, 0.15) is 37.7 Å². The van der Waals surface area contributed by atoms with E-state index in [2.05, 4.69) is 26.9 Å². The Labute approximate surface area is 239 Å². The molecule has 40 heavy (non-hydrogen) atoms. The van der Waals surface area contributed by atoms with Crippen LogP contribution >= 0.6 is 23.1 Å². The zero-order chi connectivity index (χ0) is 28.2. The molecule has 3 aromatic rings. The van der Waals surface area contributed by atoms with E-state index in [-0.39, 0.29) is 29.2 Å². The Morgan fingerprint density at radius 3 is 2.48 bits per heavy atom. The predicted molar refractivity (Wildman–Crippen MR) is 154 cm³/mol. The van der Waals surface area contributed by atoms with Crippen molar-refractivity contribution in [3.8, 4) is 6.07 Å². The molecule has 1 aliphatic heterocycles. The summed E-state index contributed by atoms with van der Waals surface area (Å²) in [6.45, 7) is 1.43. The number of carbonyl (C=O) groups is 3. The highest BCUT2D eigenvalue weighted by molar-refractivity contribution is 8.01. The molecule has 12 heteroatoms. The predicted octanol–water partition coefficient (Wildman–Crippen LogP) is 4.53. The van der Waals surface area contributed by atoms with Gasteiger partial charge in [-0.2, -0.15) is 5.26 Å². The number of nitrogens with one attached hydrogen (secondary N) is 2. The average molecular weight is 572 g/mol. The van der Waals surface area contributed by atoms with E-state index in [9.17, 15) is 19.6 Å². The fourth-order valence-corrected chi connectivity index (χ4v) is 6.48. The van der Waals surface area contributed by atoms with Crippen LogP contribution in [0.2, 0.25) is 0 Å². The molecule has 10 nitrogen and oxygen atoms in total. The van der Waals surface area contributed by atoms with Crippen LogP contribution in [0.5, 0.6) is 0 Å². The molecule has 2 heterocycles. The lowest BCUT2D eigenvalue weighted by Crippen LogP contribution is -2.38. The van der Waals surface area contributed by atoms with Crippen molar-refractivity contribution in [1.29, 1.82) is 5.26 Å². The van der Waals surface area contributed by atoms with E-state index in [1.165, 1.54) is 30.0 Å². The van der Waals surface area contributed by atoms with E-state index in [0.717, 1.165) is 11.3 Å². The highest BCUT2D eigenvalue weighted by Crippen LogP contribution is 2.47. The number of Topliss-reactive ketones (excluding diaryl/α,β-unsaturated/α-hetero) is 1. The summed E-state index contributed by atoms with van der Waals surface area (Å²) >= 11 is 2.47. The van der Waals surface area contributed by atoms with Gasteiger partial charge in [0.2, 0.25) is 16.9 Å². The van der Waals surface area contributed by atoms with Gasteiger partial charge >= 0.3 is 0 Å². The third-order valence-electron chi connectivity index (χ3n) is 6.45. The number of allylic oxidation sites excluding steroid dienone is 3. The first-order chi connectivity index (χ1) is 19.4. The summed E-state index contributed by atoms with van der Waals surface area (Å²) in [7, 11) is 0. The quantitative estimate of drug-likeness (QED) is 0.347. The highest BCUT2D eigenvalue weighted by atomic mass is 32.2. The van der Waals surface area contributed by atoms with Crippen molar-refractivity contribution in [3.63, 3.8) is 0 Å². The van der Waals surface area contributed by atoms with Crippen molar-refractivity contribution in [2.75, 3.05) is 21.3 Å². The van der Waals surface area contributed by atoms with Gasteiger partial charge in [-0.05, 0) is 42.7 Å². The van der Waals surface area contributed by atoms with Gasteiger partial charge in [-0.25, -0.2) is 0 Å². The number of nitrogens with zero attached hydrogens (tertiary/aromatic N) is 4. The van der Waals surface area contributed by atoms with Crippen molar-refractivity contribution in [3.05, 3.63) is 82.8 Å². The molecule has 5 rings (SSSR count). The first-order valence-electron chi connectivity index (χ1n) is 12.5. The van der Waals surface area contributed by atoms with E-state index >= 15 is 0 Å². The molecule has 1 aliphatic carbocycles. The summed E-state index contributed by atoms with van der Waals surface area (Å²) < 4.78 is 0.548. The van der Waals surface area contributed by atoms with Crippen molar-refractivity contribution < 1.29 is 14.4 Å². The van der Waals surface area contributed by atoms with Crippen LogP contribution in [0, 0.1) is 11.3 Å². The normalized spacial score (nSPS) is 16.9. The third-order valence-corrected chi connectivity index (χ3v) is 8.49. The fourth-order valence-electron chi connectivity index (χ4n) is 4.80. The van der Waals surface area contributed by atoms with Gasteiger partial charge in [0.05, 0.1) is 23.3 Å². The van der Waals surface area contributed by atoms with E-state index in [4.69, 9.17) is 5.73 Å². The summed E-state index contributed by atoms with van der Waals surface area (Å²) in [4.78, 5) is 38.6. The maximum atomic E-state index is 13.2. The minimum Gasteiger partial charge on any atom is -0.384 e. The van der Waals surface area contributed by atoms with E-state index in [1.54, 1.807) is 29.2 Å². The number of aromatic nitrogens is 2. The lowest BCUT2D eigenvalue weighted by atomic mass is 9.76. The number of amides is 2. The lowest BCUT2D eigenvalue weighted by molar-refractivity contribution is -0.116. The Bertz CT molecular complexity index is 1570. The van der Waals surface area contributed by atoms with Crippen LogP contribution in [0.4, 0.5) is 16.5 Å². The third kappa shape index (κ3) is 5.61. The number of hydrogen-bond donors (Lipinski definition) is 3. The second-order valence-electron chi connectivity index (χ2n) is 9.17. The van der Waals surface area contributed by atoms with Crippen molar-refractivity contribution in [2.45, 2.75) is 36.4 Å². The molecule has 1 unspecified atom stereocenters. The summed E-state index contributed by atoms with van der Waals surface area (Å²) in [6.07, 6.45) is 1.71. The Balaban J connectivity index is 1.34. The van der Waals surface area contributed by atoms with E-state index in [1.807, 2.05) is 30.3 Å². The first kappa shape index (κ1) is 27.1. The Kier molecular flexibility index (Phi) is 7.95. The SMILES string of the molecule is CC(=O)Nc1ccc(NC(=O)CSc2nnc(N3C(N)=C(C#N)C(c4ccccc4)C4=C3CCCC4=O)s2)cc1. The van der Waals surface area contributed by atoms with Crippen LogP contribution in [-0.4, -0.2) is 33.5 Å². The molecule has 0 spiro atoms. The molecule has 1 aromatic heterocycles. The van der Waals surface area contributed by atoms with Crippen LogP contribution in [0.3, 0.4) is 0 Å². The molecule has 0 saturated heterocycles. The van der Waals surface area contributed by atoms with Crippen molar-refractivity contribution >= 4 is 57.2 Å². The minimum atomic E-state index is -0.525. The van der Waals surface area contributed by atoms with Crippen LogP contribution in [0.25, 0.3) is 0 Å². The molecule has 0 radical (unpaired) electrons. The van der Waals surface area contributed by atoms with Gasteiger partial charge in [-0.1, -0.05) is 53.4 Å². The standard InChI is InChI=1S/C28H25N7O3S2/c1-16(36)31-18-10-12-19(13-11-18)32-23(38)15-39-28-34-33-27(40-28)35-21-8-5-9-22(37)25(21)24(20(14-29)26(35)30)17-6-3-2-4-7-17/h2-4,6-7,10-13,24H,5,8-9,15,30H2,1H3,(H,31,36)(H,32,38). The molecule has 0 fully saturated rings. The molecule has 2 aromatic carbocycles. The number of benzene rings is 2. The molecule has 2 aliphatic rings. The molecule has 4 N–H and O–H groups in total.